The van der Waals surface area contributed by atoms with E-state index in [0.717, 1.165) is 18.4 Å². The molecule has 0 atom stereocenters. The fourth-order valence-corrected chi connectivity index (χ4v) is 2.21. The maximum atomic E-state index is 11.6. The van der Waals surface area contributed by atoms with Crippen molar-refractivity contribution in [3.05, 3.63) is 34.9 Å². The van der Waals surface area contributed by atoms with Gasteiger partial charge in [0.15, 0.2) is 17.3 Å². The summed E-state index contributed by atoms with van der Waals surface area (Å²) in [5, 5.41) is 20.0. The molecular weight excluding hydrogens is 308 g/mol. The molecule has 0 radical (unpaired) electrons. The summed E-state index contributed by atoms with van der Waals surface area (Å²) >= 11 is 0. The van der Waals surface area contributed by atoms with Gasteiger partial charge in [-0.3, -0.25) is 4.79 Å². The second kappa shape index (κ2) is 9.01. The zero-order valence-corrected chi connectivity index (χ0v) is 15.0. The molecule has 0 aliphatic carbocycles. The maximum absolute atomic E-state index is 11.6. The molecule has 1 aromatic carbocycles. The number of aromatic hydroxyl groups is 2. The minimum absolute atomic E-state index is 0.0499. The molecular formula is C19H26O5. The van der Waals surface area contributed by atoms with Gasteiger partial charge in [0, 0.05) is 6.07 Å². The Morgan fingerprint density at radius 3 is 2.38 bits per heavy atom. The van der Waals surface area contributed by atoms with Crippen molar-refractivity contribution in [3.8, 4) is 23.0 Å². The van der Waals surface area contributed by atoms with Gasteiger partial charge in [0.2, 0.25) is 5.75 Å². The van der Waals surface area contributed by atoms with E-state index in [1.54, 1.807) is 0 Å². The standard InChI is InChI=1S/C19H26O5/c1-12(2)7-6-8-13(3)9-10-24-19-16(23-5)11-15(21)17(14(4)20)18(19)22/h7,9,11,21-22H,6,8,10H2,1-5H3/b13-9+. The van der Waals surface area contributed by atoms with E-state index >= 15 is 0 Å². The van der Waals surface area contributed by atoms with E-state index in [4.69, 9.17) is 9.47 Å². The van der Waals surface area contributed by atoms with E-state index in [0.29, 0.717) is 0 Å². The lowest BCUT2D eigenvalue weighted by Gasteiger charge is -2.14. The van der Waals surface area contributed by atoms with Crippen LogP contribution in [0.1, 0.15) is 50.9 Å². The second-order valence-corrected chi connectivity index (χ2v) is 5.89. The van der Waals surface area contributed by atoms with Crippen molar-refractivity contribution >= 4 is 5.78 Å². The molecule has 132 valence electrons. The molecule has 1 rings (SSSR count). The molecule has 0 unspecified atom stereocenters. The SMILES string of the molecule is COc1cc(O)c(C(C)=O)c(O)c1OC/C=C(\C)CCC=C(C)C. The third-order valence-corrected chi connectivity index (χ3v) is 3.52. The monoisotopic (exact) mass is 334 g/mol. The van der Waals surface area contributed by atoms with Crippen molar-refractivity contribution in [3.63, 3.8) is 0 Å². The molecule has 24 heavy (non-hydrogen) atoms. The number of carbonyl (C=O) groups is 1. The van der Waals surface area contributed by atoms with Crippen LogP contribution in [0.5, 0.6) is 23.0 Å². The number of hydrogen-bond donors (Lipinski definition) is 2. The van der Waals surface area contributed by atoms with Crippen LogP contribution in [0.15, 0.2) is 29.4 Å². The average Bonchev–Trinajstić information content (AvgIpc) is 2.48. The van der Waals surface area contributed by atoms with E-state index in [-0.39, 0.29) is 29.4 Å². The van der Waals surface area contributed by atoms with E-state index in [2.05, 4.69) is 19.9 Å². The summed E-state index contributed by atoms with van der Waals surface area (Å²) in [4.78, 5) is 11.6. The molecule has 1 aromatic rings. The molecule has 0 amide bonds. The quantitative estimate of drug-likeness (QED) is 0.545. The molecule has 5 heteroatoms. The van der Waals surface area contributed by atoms with Gasteiger partial charge in [-0.2, -0.15) is 0 Å². The first-order chi connectivity index (χ1) is 11.3. The predicted octanol–water partition coefficient (Wildman–Crippen LogP) is 4.38. The summed E-state index contributed by atoms with van der Waals surface area (Å²) in [6.45, 7) is 7.63. The van der Waals surface area contributed by atoms with Crippen LogP contribution < -0.4 is 9.47 Å². The van der Waals surface area contributed by atoms with Crippen LogP contribution in [0.25, 0.3) is 0 Å². The van der Waals surface area contributed by atoms with Gasteiger partial charge in [0.1, 0.15) is 17.9 Å². The van der Waals surface area contributed by atoms with E-state index in [1.165, 1.54) is 25.7 Å². The van der Waals surface area contributed by atoms with Gasteiger partial charge in [-0.1, -0.05) is 17.2 Å². The highest BCUT2D eigenvalue weighted by molar-refractivity contribution is 6.00. The van der Waals surface area contributed by atoms with Gasteiger partial charge in [-0.05, 0) is 46.6 Å². The van der Waals surface area contributed by atoms with Crippen molar-refractivity contribution in [2.45, 2.75) is 40.5 Å². The summed E-state index contributed by atoms with van der Waals surface area (Å²) in [7, 11) is 1.40. The number of benzene rings is 1. The first-order valence-electron chi connectivity index (χ1n) is 7.83. The Labute approximate surface area is 143 Å². The number of ether oxygens (including phenoxy) is 2. The fraction of sp³-hybridized carbons (Fsp3) is 0.421. The molecule has 0 spiro atoms. The van der Waals surface area contributed by atoms with Crippen LogP contribution in [0.2, 0.25) is 0 Å². The number of rotatable bonds is 8. The second-order valence-electron chi connectivity index (χ2n) is 5.89. The van der Waals surface area contributed by atoms with Crippen LogP contribution in [0, 0.1) is 0 Å². The Morgan fingerprint density at radius 1 is 1.17 bits per heavy atom. The number of allylic oxidation sites excluding steroid dienone is 3. The van der Waals surface area contributed by atoms with Crippen molar-refractivity contribution in [1.29, 1.82) is 0 Å². The molecule has 0 aliphatic heterocycles. The third kappa shape index (κ3) is 5.33. The Kier molecular flexibility index (Phi) is 7.36. The fourth-order valence-electron chi connectivity index (χ4n) is 2.21. The lowest BCUT2D eigenvalue weighted by molar-refractivity contribution is 0.101. The van der Waals surface area contributed by atoms with Gasteiger partial charge < -0.3 is 19.7 Å². The smallest absolute Gasteiger partial charge is 0.204 e. The first-order valence-corrected chi connectivity index (χ1v) is 7.83. The number of Topliss-reactive ketones (excluding diaryl/α,β-unsaturated/α-hetero) is 1. The molecule has 0 aliphatic rings. The van der Waals surface area contributed by atoms with Gasteiger partial charge in [-0.25, -0.2) is 0 Å². The van der Waals surface area contributed by atoms with Gasteiger partial charge in [0.25, 0.3) is 0 Å². The van der Waals surface area contributed by atoms with Crippen molar-refractivity contribution < 1.29 is 24.5 Å². The summed E-state index contributed by atoms with van der Waals surface area (Å²) in [6.07, 6.45) is 5.98. The number of methoxy groups -OCH3 is 1. The van der Waals surface area contributed by atoms with E-state index < -0.39 is 11.5 Å². The van der Waals surface area contributed by atoms with Crippen LogP contribution >= 0.6 is 0 Å². The number of hydrogen-bond acceptors (Lipinski definition) is 5. The molecule has 0 heterocycles. The van der Waals surface area contributed by atoms with E-state index in [1.807, 2.05) is 13.0 Å². The third-order valence-electron chi connectivity index (χ3n) is 3.52. The number of phenolic OH excluding ortho intramolecular Hbond substituents is 2. The Hall–Kier alpha value is -2.43. The Morgan fingerprint density at radius 2 is 1.83 bits per heavy atom. The highest BCUT2D eigenvalue weighted by Gasteiger charge is 2.22. The number of carbonyl (C=O) groups excluding carboxylic acids is 1. The molecule has 0 bridgehead atoms. The van der Waals surface area contributed by atoms with E-state index in [9.17, 15) is 15.0 Å². The average molecular weight is 334 g/mol. The summed E-state index contributed by atoms with van der Waals surface area (Å²) < 4.78 is 10.7. The Bertz CT molecular complexity index is 652. The maximum Gasteiger partial charge on any atom is 0.204 e. The van der Waals surface area contributed by atoms with Crippen molar-refractivity contribution in [1.82, 2.24) is 0 Å². The number of phenols is 2. The summed E-state index contributed by atoms with van der Waals surface area (Å²) in [5.41, 5.74) is 2.28. The predicted molar refractivity (Wildman–Crippen MR) is 94.2 cm³/mol. The van der Waals surface area contributed by atoms with Crippen LogP contribution in [0.3, 0.4) is 0 Å². The summed E-state index contributed by atoms with van der Waals surface area (Å²) in [6, 6.07) is 1.26. The highest BCUT2D eigenvalue weighted by atomic mass is 16.5. The zero-order chi connectivity index (χ0) is 18.3. The van der Waals surface area contributed by atoms with Gasteiger partial charge in [-0.15, -0.1) is 0 Å². The molecule has 0 aromatic heterocycles. The van der Waals surface area contributed by atoms with Gasteiger partial charge >= 0.3 is 0 Å². The number of ketones is 1. The lowest BCUT2D eigenvalue weighted by Crippen LogP contribution is -2.02. The highest BCUT2D eigenvalue weighted by Crippen LogP contribution is 2.44. The van der Waals surface area contributed by atoms with Crippen molar-refractivity contribution in [2.24, 2.45) is 0 Å². The lowest BCUT2D eigenvalue weighted by atomic mass is 10.1. The molecule has 5 nitrogen and oxygen atoms in total. The van der Waals surface area contributed by atoms with Crippen LogP contribution in [-0.2, 0) is 0 Å². The normalized spacial score (nSPS) is 11.1. The molecule has 2 N–H and O–H groups in total. The van der Waals surface area contributed by atoms with Crippen molar-refractivity contribution in [2.75, 3.05) is 13.7 Å². The van der Waals surface area contributed by atoms with Gasteiger partial charge in [0.05, 0.1) is 7.11 Å². The largest absolute Gasteiger partial charge is 0.507 e. The topological polar surface area (TPSA) is 76.0 Å². The van der Waals surface area contributed by atoms with Crippen LogP contribution in [-0.4, -0.2) is 29.7 Å². The Balaban J connectivity index is 2.89. The molecule has 0 fully saturated rings. The minimum Gasteiger partial charge on any atom is -0.507 e. The molecule has 0 saturated carbocycles. The van der Waals surface area contributed by atoms with Crippen LogP contribution in [0.4, 0.5) is 0 Å². The summed E-state index contributed by atoms with van der Waals surface area (Å²) in [5.74, 6) is -0.974. The zero-order valence-electron chi connectivity index (χ0n) is 15.0. The molecule has 0 saturated heterocycles. The first kappa shape index (κ1) is 19.6. The minimum atomic E-state index is -0.453.